The van der Waals surface area contributed by atoms with Crippen LogP contribution in [0.3, 0.4) is 0 Å². The molecule has 1 aliphatic carbocycles. The van der Waals surface area contributed by atoms with Crippen LogP contribution in [0.5, 0.6) is 0 Å². The minimum atomic E-state index is -4.60. The van der Waals surface area contributed by atoms with Gasteiger partial charge in [-0.1, -0.05) is 24.3 Å². The molecule has 3 nitrogen and oxygen atoms in total. The fourth-order valence-electron chi connectivity index (χ4n) is 1.48. The standard InChI is InChI=1S/C9H10F3NO2/c10-9(11,12)5-8(7(14)15)4-2-1-3-6(8)13/h1-4,6H,5,13H2,(H,14,15)/p-1. The van der Waals surface area contributed by atoms with Crippen molar-refractivity contribution in [2.45, 2.75) is 18.6 Å². The highest BCUT2D eigenvalue weighted by Crippen LogP contribution is 2.38. The zero-order valence-corrected chi connectivity index (χ0v) is 7.62. The number of carboxylic acids is 1. The van der Waals surface area contributed by atoms with Crippen LogP contribution in [0.1, 0.15) is 6.42 Å². The van der Waals surface area contributed by atoms with Crippen LogP contribution in [0, 0.1) is 5.41 Å². The molecular formula is C9H9F3NO2-. The molecule has 2 unspecified atom stereocenters. The van der Waals surface area contributed by atoms with Gasteiger partial charge in [0, 0.05) is 6.04 Å². The summed E-state index contributed by atoms with van der Waals surface area (Å²) in [5.74, 6) is -1.81. The number of nitrogens with two attached hydrogens (primary N) is 1. The van der Waals surface area contributed by atoms with Crippen LogP contribution in [0.15, 0.2) is 24.3 Å². The number of carboxylic acid groups (broad SMARTS) is 1. The van der Waals surface area contributed by atoms with Crippen LogP contribution >= 0.6 is 0 Å². The topological polar surface area (TPSA) is 66.2 Å². The van der Waals surface area contributed by atoms with Gasteiger partial charge in [-0.15, -0.1) is 0 Å². The second-order valence-electron chi connectivity index (χ2n) is 3.39. The zero-order valence-electron chi connectivity index (χ0n) is 7.62. The Morgan fingerprint density at radius 2 is 2.07 bits per heavy atom. The lowest BCUT2D eigenvalue weighted by Crippen LogP contribution is -2.54. The van der Waals surface area contributed by atoms with Crippen LogP contribution < -0.4 is 10.8 Å². The lowest BCUT2D eigenvalue weighted by Gasteiger charge is -2.37. The Bertz CT molecular complexity index is 322. The van der Waals surface area contributed by atoms with Crippen LogP contribution in [0.25, 0.3) is 0 Å². The van der Waals surface area contributed by atoms with Crippen molar-refractivity contribution >= 4 is 5.97 Å². The number of hydrogen-bond acceptors (Lipinski definition) is 3. The molecule has 0 bridgehead atoms. The van der Waals surface area contributed by atoms with Crippen molar-refractivity contribution < 1.29 is 23.1 Å². The fraction of sp³-hybridized carbons (Fsp3) is 0.444. The van der Waals surface area contributed by atoms with E-state index in [0.717, 1.165) is 6.08 Å². The number of rotatable bonds is 2. The smallest absolute Gasteiger partial charge is 0.390 e. The predicted octanol–water partition coefficient (Wildman–Crippen LogP) is 0.128. The number of hydrogen-bond donors (Lipinski definition) is 1. The van der Waals surface area contributed by atoms with Gasteiger partial charge in [-0.25, -0.2) is 0 Å². The number of carbonyl (C=O) groups excluding carboxylic acids is 1. The lowest BCUT2D eigenvalue weighted by molar-refractivity contribution is -0.321. The quantitative estimate of drug-likeness (QED) is 0.719. The maximum atomic E-state index is 12.2. The maximum absolute atomic E-state index is 12.2. The molecule has 0 amide bonds. The summed E-state index contributed by atoms with van der Waals surface area (Å²) < 4.78 is 36.6. The van der Waals surface area contributed by atoms with Gasteiger partial charge in [-0.3, -0.25) is 0 Å². The number of halogens is 3. The highest BCUT2D eigenvalue weighted by atomic mass is 19.4. The van der Waals surface area contributed by atoms with E-state index in [9.17, 15) is 23.1 Å². The Morgan fingerprint density at radius 1 is 1.47 bits per heavy atom. The highest BCUT2D eigenvalue weighted by Gasteiger charge is 2.45. The molecule has 0 spiro atoms. The molecule has 0 radical (unpaired) electrons. The molecule has 1 aliphatic rings. The molecule has 0 heterocycles. The number of carbonyl (C=O) groups is 1. The van der Waals surface area contributed by atoms with Gasteiger partial charge in [-0.2, -0.15) is 13.2 Å². The second-order valence-corrected chi connectivity index (χ2v) is 3.39. The monoisotopic (exact) mass is 220 g/mol. The first-order valence-corrected chi connectivity index (χ1v) is 4.18. The van der Waals surface area contributed by atoms with Gasteiger partial charge in [0.1, 0.15) is 0 Å². The summed E-state index contributed by atoms with van der Waals surface area (Å²) in [7, 11) is 0. The molecule has 0 aliphatic heterocycles. The van der Waals surface area contributed by atoms with Crippen LogP contribution in [-0.4, -0.2) is 18.2 Å². The Labute approximate surface area is 84.1 Å². The lowest BCUT2D eigenvalue weighted by atomic mass is 9.75. The third-order valence-corrected chi connectivity index (χ3v) is 2.29. The van der Waals surface area contributed by atoms with Gasteiger partial charge in [0.05, 0.1) is 17.8 Å². The SMILES string of the molecule is NC1C=CC=CC1(CC(F)(F)F)C(=O)[O-]. The third kappa shape index (κ3) is 2.38. The van der Waals surface area contributed by atoms with E-state index in [1.807, 2.05) is 0 Å². The van der Waals surface area contributed by atoms with Crippen molar-refractivity contribution in [3.8, 4) is 0 Å². The van der Waals surface area contributed by atoms with Crippen molar-refractivity contribution in [1.29, 1.82) is 0 Å². The van der Waals surface area contributed by atoms with Gasteiger partial charge in [0.25, 0.3) is 0 Å². The molecule has 0 aromatic rings. The normalized spacial score (nSPS) is 30.5. The molecule has 0 aromatic carbocycles. The maximum Gasteiger partial charge on any atom is 0.390 e. The minimum Gasteiger partial charge on any atom is -0.549 e. The molecule has 84 valence electrons. The van der Waals surface area contributed by atoms with E-state index in [4.69, 9.17) is 5.73 Å². The summed E-state index contributed by atoms with van der Waals surface area (Å²) >= 11 is 0. The van der Waals surface area contributed by atoms with E-state index in [2.05, 4.69) is 0 Å². The first-order valence-electron chi connectivity index (χ1n) is 4.18. The van der Waals surface area contributed by atoms with Crippen molar-refractivity contribution in [2.24, 2.45) is 11.1 Å². The van der Waals surface area contributed by atoms with Crippen LogP contribution in [0.4, 0.5) is 13.2 Å². The Balaban J connectivity index is 3.04. The summed E-state index contributed by atoms with van der Waals surface area (Å²) in [5.41, 5.74) is 3.18. The van der Waals surface area contributed by atoms with Gasteiger partial charge >= 0.3 is 6.18 Å². The first kappa shape index (κ1) is 11.8. The number of allylic oxidation sites excluding steroid dienone is 2. The third-order valence-electron chi connectivity index (χ3n) is 2.29. The molecule has 15 heavy (non-hydrogen) atoms. The predicted molar refractivity (Wildman–Crippen MR) is 44.4 cm³/mol. The molecule has 0 fully saturated rings. The molecule has 6 heteroatoms. The molecule has 1 rings (SSSR count). The van der Waals surface area contributed by atoms with E-state index < -0.39 is 30.0 Å². The molecule has 2 atom stereocenters. The van der Waals surface area contributed by atoms with Crippen molar-refractivity contribution in [3.05, 3.63) is 24.3 Å². The first-order chi connectivity index (χ1) is 6.78. The van der Waals surface area contributed by atoms with E-state index in [0.29, 0.717) is 0 Å². The van der Waals surface area contributed by atoms with E-state index in [1.165, 1.54) is 18.2 Å². The summed E-state index contributed by atoms with van der Waals surface area (Å²) in [6.45, 7) is 0. The van der Waals surface area contributed by atoms with E-state index in [-0.39, 0.29) is 0 Å². The Hall–Kier alpha value is -1.30. The van der Waals surface area contributed by atoms with E-state index in [1.54, 1.807) is 0 Å². The second kappa shape index (κ2) is 3.69. The zero-order chi connectivity index (χ0) is 11.7. The average molecular weight is 220 g/mol. The van der Waals surface area contributed by atoms with Crippen LogP contribution in [-0.2, 0) is 4.79 Å². The number of aliphatic carboxylic acids is 1. The summed E-state index contributed by atoms with van der Waals surface area (Å²) in [6, 6.07) is -1.23. The Morgan fingerprint density at radius 3 is 2.47 bits per heavy atom. The van der Waals surface area contributed by atoms with E-state index >= 15 is 0 Å². The van der Waals surface area contributed by atoms with Gasteiger partial charge in [0.2, 0.25) is 0 Å². The molecular weight excluding hydrogens is 211 g/mol. The van der Waals surface area contributed by atoms with Gasteiger partial charge in [0.15, 0.2) is 0 Å². The molecule has 0 saturated heterocycles. The largest absolute Gasteiger partial charge is 0.549 e. The number of alkyl halides is 3. The summed E-state index contributed by atoms with van der Waals surface area (Å²) in [6.07, 6.45) is -1.35. The fourth-order valence-corrected chi connectivity index (χ4v) is 1.48. The molecule has 0 saturated carbocycles. The summed E-state index contributed by atoms with van der Waals surface area (Å²) in [4.78, 5) is 10.8. The Kier molecular flexibility index (Phi) is 2.90. The highest BCUT2D eigenvalue weighted by molar-refractivity contribution is 5.77. The summed E-state index contributed by atoms with van der Waals surface area (Å²) in [5, 5.41) is 10.8. The minimum absolute atomic E-state index is 0.931. The van der Waals surface area contributed by atoms with Gasteiger partial charge < -0.3 is 15.6 Å². The van der Waals surface area contributed by atoms with Crippen molar-refractivity contribution in [2.75, 3.05) is 0 Å². The molecule has 0 aromatic heterocycles. The molecule has 2 N–H and O–H groups in total. The average Bonchev–Trinajstić information content (AvgIpc) is 2.06. The van der Waals surface area contributed by atoms with Gasteiger partial charge in [-0.05, 0) is 0 Å². The van der Waals surface area contributed by atoms with Crippen LogP contribution in [0.2, 0.25) is 0 Å². The van der Waals surface area contributed by atoms with Crippen molar-refractivity contribution in [3.63, 3.8) is 0 Å². The van der Waals surface area contributed by atoms with Crippen molar-refractivity contribution in [1.82, 2.24) is 0 Å².